The first-order valence-electron chi connectivity index (χ1n) is 9.02. The van der Waals surface area contributed by atoms with Crippen molar-refractivity contribution in [2.45, 2.75) is 65.2 Å². The van der Waals surface area contributed by atoms with Crippen molar-refractivity contribution in [2.24, 2.45) is 29.1 Å². The lowest BCUT2D eigenvalue weighted by Gasteiger charge is -2.53. The number of allylic oxidation sites excluding steroid dienone is 3. The largest absolute Gasteiger partial charge is 0.295 e. The number of hydrogen-bond acceptors (Lipinski definition) is 1. The second-order valence-electron chi connectivity index (χ2n) is 8.11. The quantitative estimate of drug-likeness (QED) is 0.567. The summed E-state index contributed by atoms with van der Waals surface area (Å²) in [7, 11) is 0. The van der Waals surface area contributed by atoms with Gasteiger partial charge in [-0.1, -0.05) is 24.1 Å². The molecule has 4 aliphatic rings. The van der Waals surface area contributed by atoms with Gasteiger partial charge in [-0.3, -0.25) is 4.79 Å². The molecular weight excluding hydrogens is 256 g/mol. The summed E-state index contributed by atoms with van der Waals surface area (Å²) in [6, 6.07) is 0. The highest BCUT2D eigenvalue weighted by molar-refractivity contribution is 5.91. The third kappa shape index (κ3) is 1.92. The van der Waals surface area contributed by atoms with E-state index in [1.807, 2.05) is 6.08 Å². The van der Waals surface area contributed by atoms with Gasteiger partial charge >= 0.3 is 0 Å². The molecule has 0 aromatic carbocycles. The summed E-state index contributed by atoms with van der Waals surface area (Å²) in [5.74, 6) is 3.86. The fourth-order valence-corrected chi connectivity index (χ4v) is 6.50. The van der Waals surface area contributed by atoms with Gasteiger partial charge in [0.25, 0.3) is 0 Å². The summed E-state index contributed by atoms with van der Waals surface area (Å²) in [5, 5.41) is 0. The molecular formula is C20H28O. The van der Waals surface area contributed by atoms with E-state index >= 15 is 0 Å². The summed E-state index contributed by atoms with van der Waals surface area (Å²) < 4.78 is 0. The molecule has 5 unspecified atom stereocenters. The lowest BCUT2D eigenvalue weighted by molar-refractivity contribution is -0.115. The van der Waals surface area contributed by atoms with Crippen LogP contribution in [0, 0.1) is 29.1 Å². The number of carbonyl (C=O) groups excluding carboxylic acids is 1. The zero-order chi connectivity index (χ0) is 14.6. The Morgan fingerprint density at radius 3 is 2.76 bits per heavy atom. The third-order valence-electron chi connectivity index (χ3n) is 7.50. The fraction of sp³-hybridized carbons (Fsp3) is 0.750. The highest BCUT2D eigenvalue weighted by Gasteiger charge is 2.53. The molecule has 0 aromatic heterocycles. The molecule has 3 fully saturated rings. The topological polar surface area (TPSA) is 17.1 Å². The first-order chi connectivity index (χ1) is 10.1. The minimum atomic E-state index is 0.386. The Morgan fingerprint density at radius 1 is 1.10 bits per heavy atom. The van der Waals surface area contributed by atoms with E-state index in [4.69, 9.17) is 0 Å². The molecule has 5 atom stereocenters. The van der Waals surface area contributed by atoms with Gasteiger partial charge in [0.05, 0.1) is 0 Å². The van der Waals surface area contributed by atoms with Crippen LogP contribution in [0.2, 0.25) is 0 Å². The number of ketones is 1. The van der Waals surface area contributed by atoms with Gasteiger partial charge in [-0.25, -0.2) is 0 Å². The molecule has 0 aliphatic heterocycles. The summed E-state index contributed by atoms with van der Waals surface area (Å²) >= 11 is 0. The average Bonchev–Trinajstić information content (AvgIpc) is 2.83. The summed E-state index contributed by atoms with van der Waals surface area (Å²) in [4.78, 5) is 11.7. The fourth-order valence-electron chi connectivity index (χ4n) is 6.50. The first-order valence-corrected chi connectivity index (χ1v) is 9.02. The number of hydrogen-bond donors (Lipinski definition) is 0. The van der Waals surface area contributed by atoms with Crippen LogP contribution in [-0.2, 0) is 4.79 Å². The van der Waals surface area contributed by atoms with Crippen LogP contribution >= 0.6 is 0 Å². The van der Waals surface area contributed by atoms with Crippen LogP contribution in [0.3, 0.4) is 0 Å². The second kappa shape index (κ2) is 4.83. The Labute approximate surface area is 128 Å². The van der Waals surface area contributed by atoms with Crippen LogP contribution in [0.4, 0.5) is 0 Å². The molecule has 0 heterocycles. The van der Waals surface area contributed by atoms with Crippen molar-refractivity contribution < 1.29 is 4.79 Å². The van der Waals surface area contributed by atoms with E-state index in [0.717, 1.165) is 36.5 Å². The lowest BCUT2D eigenvalue weighted by Crippen LogP contribution is -2.45. The van der Waals surface area contributed by atoms with Gasteiger partial charge in [0.2, 0.25) is 0 Å². The van der Waals surface area contributed by atoms with Crippen molar-refractivity contribution in [3.05, 3.63) is 23.3 Å². The maximum Gasteiger partial charge on any atom is 0.155 e. The highest BCUT2D eigenvalue weighted by atomic mass is 16.1. The standard InChI is InChI=1S/C20H28O/c1-3-14-5-9-19-18-7-4-13-12-15(21)6-8-16(13)17(18)10-11-20(14,19)2/h3,12,16-19H,4-11H2,1-2H3. The molecule has 4 rings (SSSR count). The van der Waals surface area contributed by atoms with E-state index < -0.39 is 0 Å². The van der Waals surface area contributed by atoms with Gasteiger partial charge in [0.15, 0.2) is 5.78 Å². The Balaban J connectivity index is 1.64. The van der Waals surface area contributed by atoms with Crippen LogP contribution in [0.15, 0.2) is 23.3 Å². The summed E-state index contributed by atoms with van der Waals surface area (Å²) in [5.41, 5.74) is 3.76. The molecule has 4 aliphatic carbocycles. The van der Waals surface area contributed by atoms with Crippen LogP contribution in [0.25, 0.3) is 0 Å². The molecule has 0 amide bonds. The average molecular weight is 284 g/mol. The zero-order valence-corrected chi connectivity index (χ0v) is 13.5. The molecule has 0 bridgehead atoms. The van der Waals surface area contributed by atoms with E-state index in [-0.39, 0.29) is 0 Å². The van der Waals surface area contributed by atoms with E-state index in [1.165, 1.54) is 44.1 Å². The predicted octanol–water partition coefficient (Wildman–Crippen LogP) is 5.07. The van der Waals surface area contributed by atoms with Gasteiger partial charge < -0.3 is 0 Å². The maximum absolute atomic E-state index is 11.7. The van der Waals surface area contributed by atoms with Crippen molar-refractivity contribution in [1.29, 1.82) is 0 Å². The van der Waals surface area contributed by atoms with E-state index in [9.17, 15) is 4.79 Å². The van der Waals surface area contributed by atoms with Gasteiger partial charge in [-0.15, -0.1) is 0 Å². The summed E-state index contributed by atoms with van der Waals surface area (Å²) in [6.45, 7) is 4.79. The van der Waals surface area contributed by atoms with Crippen LogP contribution in [-0.4, -0.2) is 5.78 Å². The molecule has 3 saturated carbocycles. The van der Waals surface area contributed by atoms with Crippen molar-refractivity contribution in [3.63, 3.8) is 0 Å². The molecule has 0 aromatic rings. The van der Waals surface area contributed by atoms with Crippen LogP contribution in [0.5, 0.6) is 0 Å². The number of rotatable bonds is 0. The zero-order valence-electron chi connectivity index (χ0n) is 13.5. The third-order valence-corrected chi connectivity index (χ3v) is 7.50. The summed E-state index contributed by atoms with van der Waals surface area (Å²) in [6.07, 6.45) is 14.5. The predicted molar refractivity (Wildman–Crippen MR) is 85.9 cm³/mol. The molecule has 0 N–H and O–H groups in total. The molecule has 1 heteroatoms. The lowest BCUT2D eigenvalue weighted by atomic mass is 9.52. The maximum atomic E-state index is 11.7. The molecule has 0 radical (unpaired) electrons. The van der Waals surface area contributed by atoms with Crippen molar-refractivity contribution in [1.82, 2.24) is 0 Å². The van der Waals surface area contributed by atoms with Crippen molar-refractivity contribution in [3.8, 4) is 0 Å². The smallest absolute Gasteiger partial charge is 0.155 e. The minimum absolute atomic E-state index is 0.386. The van der Waals surface area contributed by atoms with Crippen LogP contribution < -0.4 is 0 Å². The molecule has 0 spiro atoms. The number of fused-ring (bicyclic) bond motifs is 5. The van der Waals surface area contributed by atoms with Crippen LogP contribution in [0.1, 0.15) is 65.2 Å². The minimum Gasteiger partial charge on any atom is -0.295 e. The molecule has 1 nitrogen and oxygen atoms in total. The monoisotopic (exact) mass is 284 g/mol. The van der Waals surface area contributed by atoms with Gasteiger partial charge in [0.1, 0.15) is 0 Å². The van der Waals surface area contributed by atoms with E-state index in [0.29, 0.717) is 11.2 Å². The van der Waals surface area contributed by atoms with Gasteiger partial charge in [0, 0.05) is 6.42 Å². The molecule has 0 saturated heterocycles. The highest BCUT2D eigenvalue weighted by Crippen LogP contribution is 2.63. The molecule has 114 valence electrons. The van der Waals surface area contributed by atoms with E-state index in [2.05, 4.69) is 19.9 Å². The molecule has 21 heavy (non-hydrogen) atoms. The van der Waals surface area contributed by atoms with Crippen molar-refractivity contribution in [2.75, 3.05) is 0 Å². The Bertz CT molecular complexity index is 526. The van der Waals surface area contributed by atoms with E-state index in [1.54, 1.807) is 5.57 Å². The Morgan fingerprint density at radius 2 is 1.95 bits per heavy atom. The van der Waals surface area contributed by atoms with Gasteiger partial charge in [-0.2, -0.15) is 0 Å². The second-order valence-corrected chi connectivity index (χ2v) is 8.11. The Hall–Kier alpha value is -0.850. The number of carbonyl (C=O) groups is 1. The van der Waals surface area contributed by atoms with Gasteiger partial charge in [-0.05, 0) is 87.0 Å². The SMILES string of the molecule is CC=C1CCC2C3CCC4=CC(=O)CCC4C3CCC12C. The first kappa shape index (κ1) is 13.8. The van der Waals surface area contributed by atoms with Crippen molar-refractivity contribution >= 4 is 5.78 Å². The Kier molecular flexibility index (Phi) is 3.17. The normalized spacial score (nSPS) is 47.6.